The number of aldehydes is 1. The number of hydrogen-bond donors (Lipinski definition) is 1. The quantitative estimate of drug-likeness (QED) is 0.551. The van der Waals surface area contributed by atoms with Crippen LogP contribution in [0.2, 0.25) is 0 Å². The largest absolute Gasteiger partial charge is 0.303 e. The highest BCUT2D eigenvalue weighted by atomic mass is 16.1. The van der Waals surface area contributed by atoms with E-state index in [1.54, 1.807) is 12.3 Å². The molecule has 0 saturated carbocycles. The molecule has 0 bridgehead atoms. The van der Waals surface area contributed by atoms with Crippen molar-refractivity contribution >= 4 is 6.29 Å². The van der Waals surface area contributed by atoms with Crippen molar-refractivity contribution in [2.24, 2.45) is 0 Å². The molecule has 0 aromatic carbocycles. The number of hydrogen-bond acceptors (Lipinski definition) is 2. The fraction of sp³-hybridized carbons (Fsp3) is 0.200. The van der Waals surface area contributed by atoms with Gasteiger partial charge in [-0.15, -0.1) is 0 Å². The predicted octanol–water partition coefficient (Wildman–Crippen LogP) is 0.151. The van der Waals surface area contributed by atoms with E-state index in [2.05, 4.69) is 10.2 Å². The third-order valence-electron chi connectivity index (χ3n) is 0.851. The van der Waals surface area contributed by atoms with Crippen LogP contribution < -0.4 is 0 Å². The van der Waals surface area contributed by atoms with Crippen molar-refractivity contribution in [1.29, 1.82) is 0 Å². The van der Waals surface area contributed by atoms with Gasteiger partial charge in [0.05, 0.1) is 5.69 Å². The number of aromatic nitrogens is 2. The zero-order valence-corrected chi connectivity index (χ0v) is 4.29. The first kappa shape index (κ1) is 5.03. The summed E-state index contributed by atoms with van der Waals surface area (Å²) in [7, 11) is 0. The van der Waals surface area contributed by atoms with Crippen molar-refractivity contribution in [3.63, 3.8) is 0 Å². The zero-order valence-electron chi connectivity index (χ0n) is 4.29. The molecule has 0 fully saturated rings. The maximum absolute atomic E-state index is 9.82. The van der Waals surface area contributed by atoms with E-state index in [0.29, 0.717) is 6.42 Å². The van der Waals surface area contributed by atoms with Crippen LogP contribution in [0.1, 0.15) is 5.69 Å². The molecule has 1 aromatic rings. The molecule has 0 aliphatic heterocycles. The van der Waals surface area contributed by atoms with Gasteiger partial charge in [-0.1, -0.05) is 0 Å². The second-order valence-corrected chi connectivity index (χ2v) is 1.44. The Balaban J connectivity index is 2.62. The summed E-state index contributed by atoms with van der Waals surface area (Å²) in [6, 6.07) is 1.77. The normalized spacial score (nSPS) is 9.00. The second kappa shape index (κ2) is 2.26. The monoisotopic (exact) mass is 110 g/mol. The fourth-order valence-electron chi connectivity index (χ4n) is 0.490. The Kier molecular flexibility index (Phi) is 1.42. The molecule has 0 unspecified atom stereocenters. The van der Waals surface area contributed by atoms with Crippen LogP contribution in [0, 0.1) is 0 Å². The summed E-state index contributed by atoms with van der Waals surface area (Å²) < 4.78 is 0. The van der Waals surface area contributed by atoms with Crippen molar-refractivity contribution in [1.82, 2.24) is 10.2 Å². The Morgan fingerprint density at radius 1 is 1.88 bits per heavy atom. The lowest BCUT2D eigenvalue weighted by atomic mass is 10.3. The highest BCUT2D eigenvalue weighted by molar-refractivity contribution is 5.53. The Morgan fingerprint density at radius 2 is 2.75 bits per heavy atom. The zero-order chi connectivity index (χ0) is 5.82. The molecule has 0 radical (unpaired) electrons. The molecule has 8 heavy (non-hydrogen) atoms. The minimum absolute atomic E-state index is 0.406. The number of nitrogens with zero attached hydrogens (tertiary/aromatic N) is 1. The van der Waals surface area contributed by atoms with Gasteiger partial charge in [-0.2, -0.15) is 5.10 Å². The maximum Gasteiger partial charge on any atom is 0.126 e. The lowest BCUT2D eigenvalue weighted by molar-refractivity contribution is -0.107. The van der Waals surface area contributed by atoms with E-state index in [4.69, 9.17) is 0 Å². The van der Waals surface area contributed by atoms with Gasteiger partial charge in [0.25, 0.3) is 0 Å². The number of carbonyl (C=O) groups is 1. The summed E-state index contributed by atoms with van der Waals surface area (Å²) >= 11 is 0. The summed E-state index contributed by atoms with van der Waals surface area (Å²) in [4.78, 5) is 9.82. The van der Waals surface area contributed by atoms with Gasteiger partial charge >= 0.3 is 0 Å². The minimum Gasteiger partial charge on any atom is -0.303 e. The van der Waals surface area contributed by atoms with Crippen LogP contribution in [-0.2, 0) is 11.2 Å². The van der Waals surface area contributed by atoms with Crippen molar-refractivity contribution in [3.8, 4) is 0 Å². The average molecular weight is 110 g/mol. The predicted molar refractivity (Wildman–Crippen MR) is 28.4 cm³/mol. The Morgan fingerprint density at radius 3 is 3.25 bits per heavy atom. The first-order chi connectivity index (χ1) is 3.93. The Hall–Kier alpha value is -1.12. The van der Waals surface area contributed by atoms with Gasteiger partial charge in [-0.3, -0.25) is 5.10 Å². The smallest absolute Gasteiger partial charge is 0.126 e. The van der Waals surface area contributed by atoms with Crippen molar-refractivity contribution in [3.05, 3.63) is 18.0 Å². The summed E-state index contributed by atoms with van der Waals surface area (Å²) in [5.74, 6) is 0. The van der Waals surface area contributed by atoms with Gasteiger partial charge < -0.3 is 4.79 Å². The highest BCUT2D eigenvalue weighted by Crippen LogP contribution is 1.88. The standard InChI is InChI=1S/C5H6N2O/c8-4-2-5-1-3-6-7-5/h1,3-4H,2H2,(H,6,7). The number of H-pyrrole nitrogens is 1. The van der Waals surface area contributed by atoms with Crippen molar-refractivity contribution in [2.45, 2.75) is 6.42 Å². The highest BCUT2D eigenvalue weighted by Gasteiger charge is 1.88. The van der Waals surface area contributed by atoms with Gasteiger partial charge in [-0.05, 0) is 6.07 Å². The van der Waals surface area contributed by atoms with Crippen molar-refractivity contribution in [2.75, 3.05) is 0 Å². The molecule has 1 aromatic heterocycles. The van der Waals surface area contributed by atoms with Gasteiger partial charge in [0.1, 0.15) is 6.29 Å². The van der Waals surface area contributed by atoms with Crippen LogP contribution >= 0.6 is 0 Å². The van der Waals surface area contributed by atoms with Crippen LogP contribution in [-0.4, -0.2) is 16.5 Å². The van der Waals surface area contributed by atoms with Crippen LogP contribution in [0.25, 0.3) is 0 Å². The molecule has 0 atom stereocenters. The molecule has 1 heterocycles. The molecule has 42 valence electrons. The summed E-state index contributed by atoms with van der Waals surface area (Å²) in [6.07, 6.45) is 2.93. The van der Waals surface area contributed by atoms with Gasteiger partial charge in [0.2, 0.25) is 0 Å². The Labute approximate surface area is 46.7 Å². The molecular weight excluding hydrogens is 104 g/mol. The van der Waals surface area contributed by atoms with E-state index < -0.39 is 0 Å². The van der Waals surface area contributed by atoms with E-state index in [-0.39, 0.29) is 0 Å². The van der Waals surface area contributed by atoms with E-state index >= 15 is 0 Å². The van der Waals surface area contributed by atoms with Crippen molar-refractivity contribution < 1.29 is 4.79 Å². The maximum atomic E-state index is 9.82. The average Bonchev–Trinajstić information content (AvgIpc) is 2.19. The molecule has 3 nitrogen and oxygen atoms in total. The minimum atomic E-state index is 0.406. The third kappa shape index (κ3) is 0.932. The van der Waals surface area contributed by atoms with E-state index in [0.717, 1.165) is 12.0 Å². The number of nitrogens with one attached hydrogen (secondary N) is 1. The number of carbonyl (C=O) groups excluding carboxylic acids is 1. The second-order valence-electron chi connectivity index (χ2n) is 1.44. The number of aromatic amines is 1. The first-order valence-electron chi connectivity index (χ1n) is 2.36. The van der Waals surface area contributed by atoms with E-state index in [1.165, 1.54) is 0 Å². The summed E-state index contributed by atoms with van der Waals surface area (Å²) in [5.41, 5.74) is 0.792. The molecule has 1 N–H and O–H groups in total. The van der Waals surface area contributed by atoms with Gasteiger partial charge in [0.15, 0.2) is 0 Å². The van der Waals surface area contributed by atoms with Gasteiger partial charge in [-0.25, -0.2) is 0 Å². The summed E-state index contributed by atoms with van der Waals surface area (Å²) in [5, 5.41) is 6.36. The third-order valence-corrected chi connectivity index (χ3v) is 0.851. The fourth-order valence-corrected chi connectivity index (χ4v) is 0.490. The molecular formula is C5H6N2O. The van der Waals surface area contributed by atoms with Crippen LogP contribution in [0.3, 0.4) is 0 Å². The Bertz CT molecular complexity index is 157. The van der Waals surface area contributed by atoms with E-state index in [9.17, 15) is 4.79 Å². The first-order valence-corrected chi connectivity index (χ1v) is 2.36. The summed E-state index contributed by atoms with van der Waals surface area (Å²) in [6.45, 7) is 0. The lowest BCUT2D eigenvalue weighted by Crippen LogP contribution is -1.83. The van der Waals surface area contributed by atoms with Crippen LogP contribution in [0.15, 0.2) is 12.3 Å². The molecule has 0 spiro atoms. The molecule has 0 amide bonds. The molecule has 1 rings (SSSR count). The molecule has 0 saturated heterocycles. The number of rotatable bonds is 2. The van der Waals surface area contributed by atoms with Gasteiger partial charge in [0, 0.05) is 12.6 Å². The van der Waals surface area contributed by atoms with Crippen LogP contribution in [0.4, 0.5) is 0 Å². The van der Waals surface area contributed by atoms with Crippen LogP contribution in [0.5, 0.6) is 0 Å². The lowest BCUT2D eigenvalue weighted by Gasteiger charge is -1.76. The topological polar surface area (TPSA) is 45.8 Å². The molecule has 0 aliphatic rings. The molecule has 0 aliphatic carbocycles. The SMILES string of the molecule is O=CCc1cc[nH]n1. The van der Waals surface area contributed by atoms with E-state index in [1.807, 2.05) is 0 Å². The molecule has 3 heteroatoms.